The fourth-order valence-electron chi connectivity index (χ4n) is 0.250. The molecule has 0 saturated carbocycles. The second kappa shape index (κ2) is 33.0. The van der Waals surface area contributed by atoms with Crippen molar-refractivity contribution in [3.05, 3.63) is 29.4 Å². The van der Waals surface area contributed by atoms with Crippen molar-refractivity contribution in [3.63, 3.8) is 0 Å². The van der Waals surface area contributed by atoms with Gasteiger partial charge in [-0.15, -0.1) is 29.4 Å². The molecule has 32 heavy (non-hydrogen) atoms. The van der Waals surface area contributed by atoms with E-state index in [1.165, 1.54) is 32.0 Å². The summed E-state index contributed by atoms with van der Waals surface area (Å²) in [6.07, 6.45) is 0. The van der Waals surface area contributed by atoms with E-state index in [1.54, 1.807) is 0 Å². The Labute approximate surface area is 182 Å². The normalized spacial score (nSPS) is 7.69. The van der Waals surface area contributed by atoms with Gasteiger partial charge in [0, 0.05) is 16.8 Å². The van der Waals surface area contributed by atoms with Crippen molar-refractivity contribution in [1.29, 1.82) is 31.6 Å². The van der Waals surface area contributed by atoms with E-state index in [0.717, 1.165) is 30.0 Å². The van der Waals surface area contributed by atoms with E-state index in [-0.39, 0.29) is 16.8 Å². The zero-order chi connectivity index (χ0) is 26.9. The summed E-state index contributed by atoms with van der Waals surface area (Å²) in [6.45, 7) is 0. The summed E-state index contributed by atoms with van der Waals surface area (Å²) in [5.74, 6) is 0. The van der Waals surface area contributed by atoms with Crippen LogP contribution in [0.25, 0.3) is 0 Å². The van der Waals surface area contributed by atoms with Crippen molar-refractivity contribution in [2.75, 3.05) is 0 Å². The average molecular weight is 556 g/mol. The smallest absolute Gasteiger partial charge is 0.152 e. The number of nitriles is 6. The molecule has 0 saturated heterocycles. The number of nitrogens with zero attached hydrogens (tertiary/aromatic N) is 12. The molecular formula is C6H6Co2N12O12. The van der Waals surface area contributed by atoms with Gasteiger partial charge in [-0.3, -0.25) is 0 Å². The van der Waals surface area contributed by atoms with E-state index in [0.29, 0.717) is 0 Å². The third-order valence-corrected chi connectivity index (χ3v) is 4.61. The molecular weight excluding hydrogens is 550 g/mol. The maximum Gasteiger partial charge on any atom is 0.152 e. The maximum atomic E-state index is 8.58. The monoisotopic (exact) mass is 556 g/mol. The van der Waals surface area contributed by atoms with Crippen molar-refractivity contribution in [2.45, 2.75) is 0 Å². The van der Waals surface area contributed by atoms with Crippen LogP contribution >= 0.6 is 0 Å². The molecule has 0 amide bonds. The van der Waals surface area contributed by atoms with Crippen molar-refractivity contribution in [1.82, 2.24) is 0 Å². The molecule has 0 rings (SSSR count). The van der Waals surface area contributed by atoms with Gasteiger partial charge in [0.15, 0.2) is 32.0 Å². The minimum absolute atomic E-state index is 0. The SMILES string of the molecule is N#[C][Co]([C]#N)([C]#N)([C]#N)([C]#N)[C]#N.O=NO.O=NO.O=NO.O=NO.O=NO.O=NO.[Co]. The molecule has 0 aliphatic rings. The van der Waals surface area contributed by atoms with E-state index >= 15 is 0 Å². The summed E-state index contributed by atoms with van der Waals surface area (Å²) in [6, 6.07) is 0. The molecule has 26 heteroatoms. The van der Waals surface area contributed by atoms with Gasteiger partial charge in [-0.1, -0.05) is 0 Å². The van der Waals surface area contributed by atoms with Crippen LogP contribution in [0.1, 0.15) is 0 Å². The first-order chi connectivity index (χ1) is 14.5. The molecule has 0 heterocycles. The van der Waals surface area contributed by atoms with Crippen LogP contribution in [0.15, 0.2) is 32.0 Å². The van der Waals surface area contributed by atoms with Crippen LogP contribution in [-0.2, 0) is 27.3 Å². The minimum atomic E-state index is -6.03. The van der Waals surface area contributed by atoms with Crippen molar-refractivity contribution >= 4 is 0 Å². The van der Waals surface area contributed by atoms with Gasteiger partial charge in [-0.25, -0.2) is 0 Å². The van der Waals surface area contributed by atoms with Gasteiger partial charge in [0.1, 0.15) is 0 Å². The fraction of sp³-hybridized carbons (Fsp3) is 0. The van der Waals surface area contributed by atoms with Gasteiger partial charge in [0.05, 0.1) is 0 Å². The molecule has 0 bridgehead atoms. The molecule has 0 unspecified atom stereocenters. The molecule has 0 aromatic heterocycles. The van der Waals surface area contributed by atoms with E-state index < -0.39 is 10.5 Å². The number of hydrogen-bond acceptors (Lipinski definition) is 18. The van der Waals surface area contributed by atoms with Gasteiger partial charge < -0.3 is 31.2 Å². The zero-order valence-electron chi connectivity index (χ0n) is 14.2. The standard InChI is InChI=1S/6CN.2Co.6HNO2/c6*1-2;;;6*2-1-3/h;;;;;;;;6*(H,2,3). The van der Waals surface area contributed by atoms with Gasteiger partial charge in [-0.2, -0.15) is 0 Å². The molecule has 180 valence electrons. The first-order valence-corrected chi connectivity index (χ1v) is 7.76. The minimum Gasteiger partial charge on any atom is -0.379 e. The Morgan fingerprint density at radius 1 is 0.406 bits per heavy atom. The first kappa shape index (κ1) is 50.3. The number of rotatable bonds is 0. The van der Waals surface area contributed by atoms with Crippen LogP contribution < -0.4 is 0 Å². The molecule has 0 fully saturated rings. The molecule has 0 aliphatic carbocycles. The Kier molecular flexibility index (Phi) is 51.8. The summed E-state index contributed by atoms with van der Waals surface area (Å²) in [4.78, 5) is 48.7. The van der Waals surface area contributed by atoms with E-state index in [4.69, 9.17) is 92.3 Å². The second-order valence-corrected chi connectivity index (χ2v) is 7.49. The maximum absolute atomic E-state index is 8.58. The van der Waals surface area contributed by atoms with Crippen molar-refractivity contribution in [3.8, 4) is 30.0 Å². The molecule has 0 aliphatic heterocycles. The number of hydrogen-bond donors (Lipinski definition) is 6. The van der Waals surface area contributed by atoms with Gasteiger partial charge in [0.2, 0.25) is 0 Å². The molecule has 0 aromatic carbocycles. The fourth-order valence-corrected chi connectivity index (χ4v) is 1.03. The first-order valence-electron chi connectivity index (χ1n) is 4.64. The van der Waals surface area contributed by atoms with Crippen LogP contribution in [0.5, 0.6) is 0 Å². The van der Waals surface area contributed by atoms with Crippen LogP contribution in [0.2, 0.25) is 0 Å². The summed E-state index contributed by atoms with van der Waals surface area (Å²) >= 11 is 0. The summed E-state index contributed by atoms with van der Waals surface area (Å²) in [5.41, 5.74) is 0. The van der Waals surface area contributed by atoms with Crippen LogP contribution in [0.3, 0.4) is 0 Å². The third-order valence-electron chi connectivity index (χ3n) is 1.12. The van der Waals surface area contributed by atoms with E-state index in [2.05, 4.69) is 0 Å². The van der Waals surface area contributed by atoms with Gasteiger partial charge in [-0.05, 0) is 0 Å². The molecule has 0 spiro atoms. The molecule has 6 N–H and O–H groups in total. The predicted octanol–water partition coefficient (Wildman–Crippen LogP) is 0.948. The average Bonchev–Trinajstić information content (AvgIpc) is 2.76. The van der Waals surface area contributed by atoms with Gasteiger partial charge in [0.25, 0.3) is 0 Å². The Hall–Kier alpha value is -5.65. The largest absolute Gasteiger partial charge is 0.379 e. The second-order valence-electron chi connectivity index (χ2n) is 2.19. The Morgan fingerprint density at radius 2 is 0.469 bits per heavy atom. The topological polar surface area (TPSA) is 441 Å². The zero-order valence-corrected chi connectivity index (χ0v) is 16.2. The van der Waals surface area contributed by atoms with E-state index in [1.807, 2.05) is 0 Å². The Morgan fingerprint density at radius 3 is 0.469 bits per heavy atom. The molecule has 0 atom stereocenters. The van der Waals surface area contributed by atoms with E-state index in [9.17, 15) is 0 Å². The van der Waals surface area contributed by atoms with Crippen molar-refractivity contribution < 1.29 is 58.6 Å². The Bertz CT molecular complexity index is 632. The summed E-state index contributed by atoms with van der Waals surface area (Å²) in [5, 5.41) is 105. The summed E-state index contributed by atoms with van der Waals surface area (Å²) < 4.78 is 0. The molecule has 24 nitrogen and oxygen atoms in total. The summed E-state index contributed by atoms with van der Waals surface area (Å²) in [7, 11) is -6.03. The van der Waals surface area contributed by atoms with Crippen molar-refractivity contribution in [2.24, 2.45) is 32.0 Å². The van der Waals surface area contributed by atoms with Crippen LogP contribution in [0, 0.1) is 91.0 Å². The van der Waals surface area contributed by atoms with Crippen LogP contribution in [-0.4, -0.2) is 31.2 Å². The third kappa shape index (κ3) is 22.4. The Balaban J connectivity index is -0.0000000418. The van der Waals surface area contributed by atoms with Crippen LogP contribution in [0.4, 0.5) is 0 Å². The molecule has 1 radical (unpaired) electrons. The van der Waals surface area contributed by atoms with Gasteiger partial charge >= 0.3 is 72.1 Å². The predicted molar refractivity (Wildman–Crippen MR) is 79.2 cm³/mol. The quantitative estimate of drug-likeness (QED) is 0.178. The molecule has 0 aromatic rings.